The normalized spacial score (nSPS) is 15.0. The predicted octanol–water partition coefficient (Wildman–Crippen LogP) is 9.09. The number of benzene rings is 3. The summed E-state index contributed by atoms with van der Waals surface area (Å²) in [5.41, 5.74) is 4.24. The van der Waals surface area contributed by atoms with Crippen molar-refractivity contribution in [2.24, 2.45) is 11.3 Å². The SMILES string of the molecule is CCOC(=O)c1c(NC(=O)C(C)Sc2cccc(NC(=O)/C(=C/c3c[nH]c4ccccc34)NC(=O)c3ccccc3)c2)sc2c1CCC(C(C)(C)C)C2. The molecule has 0 fully saturated rings. The zero-order chi connectivity index (χ0) is 37.7. The number of para-hydroxylation sites is 1. The number of aromatic nitrogens is 1. The molecule has 0 saturated carbocycles. The van der Waals surface area contributed by atoms with Crippen LogP contribution in [0.2, 0.25) is 0 Å². The number of hydrogen-bond acceptors (Lipinski definition) is 7. The number of thiophene rings is 1. The van der Waals surface area contributed by atoms with Gasteiger partial charge in [0.2, 0.25) is 5.91 Å². The molecule has 2 atom stereocenters. The molecule has 0 saturated heterocycles. The third-order valence-corrected chi connectivity index (χ3v) is 11.7. The Hall–Kier alpha value is -5.13. The van der Waals surface area contributed by atoms with Crippen LogP contribution in [0.25, 0.3) is 17.0 Å². The van der Waals surface area contributed by atoms with Crippen molar-refractivity contribution in [3.8, 4) is 0 Å². The van der Waals surface area contributed by atoms with E-state index in [1.165, 1.54) is 23.1 Å². The fourth-order valence-electron chi connectivity index (χ4n) is 6.46. The second-order valence-corrected chi connectivity index (χ2v) is 16.7. The summed E-state index contributed by atoms with van der Waals surface area (Å²) in [5.74, 6) is -1.09. The Morgan fingerprint density at radius 2 is 1.75 bits per heavy atom. The molecule has 5 aromatic rings. The Labute approximate surface area is 318 Å². The summed E-state index contributed by atoms with van der Waals surface area (Å²) >= 11 is 2.81. The van der Waals surface area contributed by atoms with Gasteiger partial charge >= 0.3 is 5.97 Å². The number of esters is 1. The summed E-state index contributed by atoms with van der Waals surface area (Å²) in [7, 11) is 0. The molecule has 0 bridgehead atoms. The van der Waals surface area contributed by atoms with Crippen LogP contribution < -0.4 is 16.0 Å². The van der Waals surface area contributed by atoms with Crippen LogP contribution in [0.1, 0.15) is 77.8 Å². The zero-order valence-corrected chi connectivity index (χ0v) is 32.1. The van der Waals surface area contributed by atoms with E-state index in [1.54, 1.807) is 68.6 Å². The largest absolute Gasteiger partial charge is 0.462 e. The number of rotatable bonds is 11. The van der Waals surface area contributed by atoms with E-state index in [9.17, 15) is 19.2 Å². The molecule has 9 nitrogen and oxygen atoms in total. The summed E-state index contributed by atoms with van der Waals surface area (Å²) in [6.45, 7) is 10.6. The van der Waals surface area contributed by atoms with Gasteiger partial charge in [0.1, 0.15) is 10.7 Å². The topological polar surface area (TPSA) is 129 Å². The molecule has 0 spiro atoms. The quantitative estimate of drug-likeness (QED) is 0.0606. The number of nitrogens with one attached hydrogen (secondary N) is 4. The Kier molecular flexibility index (Phi) is 11.5. The number of amides is 3. The van der Waals surface area contributed by atoms with Gasteiger partial charge in [0.15, 0.2) is 0 Å². The van der Waals surface area contributed by atoms with Crippen LogP contribution in [0.5, 0.6) is 0 Å². The molecule has 2 unspecified atom stereocenters. The van der Waals surface area contributed by atoms with E-state index in [0.717, 1.165) is 51.1 Å². The molecule has 4 N–H and O–H groups in total. The monoisotopic (exact) mass is 748 g/mol. The molecule has 2 aromatic heterocycles. The smallest absolute Gasteiger partial charge is 0.341 e. The van der Waals surface area contributed by atoms with Crippen LogP contribution in [0, 0.1) is 11.3 Å². The van der Waals surface area contributed by atoms with Gasteiger partial charge in [-0.15, -0.1) is 23.1 Å². The number of thioether (sulfide) groups is 1. The number of aromatic amines is 1. The minimum absolute atomic E-state index is 0.0688. The lowest BCUT2D eigenvalue weighted by Gasteiger charge is -2.33. The molecule has 1 aliphatic rings. The Bertz CT molecular complexity index is 2180. The van der Waals surface area contributed by atoms with Crippen LogP contribution in [-0.2, 0) is 27.2 Å². The van der Waals surface area contributed by atoms with Gasteiger partial charge in [0.25, 0.3) is 11.8 Å². The van der Waals surface area contributed by atoms with E-state index in [4.69, 9.17) is 4.74 Å². The van der Waals surface area contributed by atoms with Gasteiger partial charge in [-0.25, -0.2) is 4.79 Å². The molecule has 0 radical (unpaired) electrons. The van der Waals surface area contributed by atoms with Crippen molar-refractivity contribution in [2.75, 3.05) is 17.2 Å². The summed E-state index contributed by atoms with van der Waals surface area (Å²) in [6, 6.07) is 23.6. The molecular weight excluding hydrogens is 705 g/mol. The standard InChI is InChI=1S/C42H44N4O5S2/c1-6-51-41(50)36-32-20-19-28(42(3,4)5)22-35(32)53-40(36)46-37(47)25(2)52-30-16-12-15-29(23-30)44-39(49)34(45-38(48)26-13-8-7-9-14-26)21-27-24-43-33-18-11-10-17-31(27)33/h7-18,21,23-25,28,43H,6,19-20,22H2,1-5H3,(H,44,49)(H,45,48)(H,46,47)/b34-21-. The summed E-state index contributed by atoms with van der Waals surface area (Å²) in [4.78, 5) is 58.8. The number of ether oxygens (including phenoxy) is 1. The molecule has 1 aliphatic carbocycles. The van der Waals surface area contributed by atoms with Gasteiger partial charge < -0.3 is 25.7 Å². The van der Waals surface area contributed by atoms with Gasteiger partial charge in [-0.3, -0.25) is 14.4 Å². The number of anilines is 2. The number of fused-ring (bicyclic) bond motifs is 2. The van der Waals surface area contributed by atoms with Gasteiger partial charge in [-0.05, 0) is 92.5 Å². The van der Waals surface area contributed by atoms with Crippen molar-refractivity contribution in [3.05, 3.63) is 118 Å². The van der Waals surface area contributed by atoms with Gasteiger partial charge in [-0.2, -0.15) is 0 Å². The summed E-state index contributed by atoms with van der Waals surface area (Å²) in [6.07, 6.45) is 6.06. The van der Waals surface area contributed by atoms with E-state index >= 15 is 0 Å². The average molecular weight is 749 g/mol. The van der Waals surface area contributed by atoms with Gasteiger partial charge in [0.05, 0.1) is 17.4 Å². The summed E-state index contributed by atoms with van der Waals surface area (Å²) < 4.78 is 5.43. The fraction of sp³-hybridized carbons (Fsp3) is 0.286. The molecule has 6 rings (SSSR count). The number of hydrogen-bond donors (Lipinski definition) is 4. The zero-order valence-electron chi connectivity index (χ0n) is 30.5. The van der Waals surface area contributed by atoms with Crippen LogP contribution >= 0.6 is 23.1 Å². The van der Waals surface area contributed by atoms with Crippen LogP contribution in [0.4, 0.5) is 10.7 Å². The summed E-state index contributed by atoms with van der Waals surface area (Å²) in [5, 5.41) is 9.67. The Balaban J connectivity index is 1.18. The molecule has 274 valence electrons. The van der Waals surface area contributed by atoms with E-state index in [2.05, 4.69) is 41.7 Å². The van der Waals surface area contributed by atoms with Crippen molar-refractivity contribution in [3.63, 3.8) is 0 Å². The van der Waals surface area contributed by atoms with E-state index in [1.807, 2.05) is 36.4 Å². The van der Waals surface area contributed by atoms with Crippen molar-refractivity contribution < 1.29 is 23.9 Å². The number of carbonyl (C=O) groups excluding carboxylic acids is 4. The highest BCUT2D eigenvalue weighted by Crippen LogP contribution is 2.45. The van der Waals surface area contributed by atoms with Crippen molar-refractivity contribution in [1.29, 1.82) is 0 Å². The highest BCUT2D eigenvalue weighted by Gasteiger charge is 2.35. The van der Waals surface area contributed by atoms with Crippen molar-refractivity contribution >= 4 is 74.5 Å². The van der Waals surface area contributed by atoms with Crippen molar-refractivity contribution in [1.82, 2.24) is 10.3 Å². The lowest BCUT2D eigenvalue weighted by Crippen LogP contribution is -2.30. The maximum absolute atomic E-state index is 13.8. The number of H-pyrrole nitrogens is 1. The van der Waals surface area contributed by atoms with E-state index in [-0.39, 0.29) is 23.6 Å². The maximum atomic E-state index is 13.8. The third kappa shape index (κ3) is 8.92. The Morgan fingerprint density at radius 3 is 2.51 bits per heavy atom. The molecule has 2 heterocycles. The fourth-order valence-corrected chi connectivity index (χ4v) is 8.71. The molecule has 11 heteroatoms. The molecule has 53 heavy (non-hydrogen) atoms. The highest BCUT2D eigenvalue weighted by molar-refractivity contribution is 8.00. The highest BCUT2D eigenvalue weighted by atomic mass is 32.2. The van der Waals surface area contributed by atoms with Gasteiger partial charge in [-0.1, -0.05) is 63.2 Å². The minimum Gasteiger partial charge on any atom is -0.462 e. The van der Waals surface area contributed by atoms with Crippen LogP contribution in [-0.4, -0.2) is 40.5 Å². The van der Waals surface area contributed by atoms with E-state index < -0.39 is 23.0 Å². The minimum atomic E-state index is -0.528. The molecule has 0 aliphatic heterocycles. The lowest BCUT2D eigenvalue weighted by molar-refractivity contribution is -0.115. The molecule has 3 aromatic carbocycles. The molecule has 3 amide bonds. The Morgan fingerprint density at radius 1 is 1.00 bits per heavy atom. The first-order valence-electron chi connectivity index (χ1n) is 17.8. The van der Waals surface area contributed by atoms with Crippen molar-refractivity contribution in [2.45, 2.75) is 64.0 Å². The number of carbonyl (C=O) groups is 4. The lowest BCUT2D eigenvalue weighted by atomic mass is 9.72. The first kappa shape index (κ1) is 37.6. The second-order valence-electron chi connectivity index (χ2n) is 14.1. The third-order valence-electron chi connectivity index (χ3n) is 9.43. The van der Waals surface area contributed by atoms with Gasteiger partial charge in [0, 0.05) is 43.7 Å². The molecular formula is C42H44N4O5S2. The average Bonchev–Trinajstić information content (AvgIpc) is 3.71. The second kappa shape index (κ2) is 16.3. The predicted molar refractivity (Wildman–Crippen MR) is 214 cm³/mol. The van der Waals surface area contributed by atoms with Crippen LogP contribution in [0.3, 0.4) is 0 Å². The maximum Gasteiger partial charge on any atom is 0.341 e. The first-order valence-corrected chi connectivity index (χ1v) is 19.5. The van der Waals surface area contributed by atoms with Crippen LogP contribution in [0.15, 0.2) is 95.7 Å². The van der Waals surface area contributed by atoms with E-state index in [0.29, 0.717) is 27.7 Å². The first-order chi connectivity index (χ1) is 25.4.